The number of carbonyl (C=O) groups is 3. The maximum atomic E-state index is 13.9. The van der Waals surface area contributed by atoms with Crippen LogP contribution in [0.25, 0.3) is 11.0 Å². The summed E-state index contributed by atoms with van der Waals surface area (Å²) < 4.78 is 11.3. The Bertz CT molecular complexity index is 1620. The molecule has 2 aliphatic heterocycles. The van der Waals surface area contributed by atoms with Crippen molar-refractivity contribution in [3.8, 4) is 5.75 Å². The number of aromatic nitrogens is 2. The molecular weight excluding hydrogens is 544 g/mol. The third-order valence-corrected chi connectivity index (χ3v) is 8.24. The van der Waals surface area contributed by atoms with Gasteiger partial charge in [-0.3, -0.25) is 14.5 Å². The summed E-state index contributed by atoms with van der Waals surface area (Å²) in [6.45, 7) is 1.16. The van der Waals surface area contributed by atoms with E-state index in [1.807, 2.05) is 60.7 Å². The first-order chi connectivity index (χ1) is 19.9. The van der Waals surface area contributed by atoms with Gasteiger partial charge in [0.05, 0.1) is 5.52 Å². The zero-order valence-electron chi connectivity index (χ0n) is 21.9. The van der Waals surface area contributed by atoms with Crippen LogP contribution in [0.3, 0.4) is 0 Å². The van der Waals surface area contributed by atoms with E-state index in [4.69, 9.17) is 9.47 Å². The number of anilines is 1. The normalized spacial score (nSPS) is 18.2. The van der Waals surface area contributed by atoms with Gasteiger partial charge in [-0.1, -0.05) is 66.7 Å². The topological polar surface area (TPSA) is 134 Å². The highest BCUT2D eigenvalue weighted by molar-refractivity contribution is 8.00. The highest BCUT2D eigenvalue weighted by Crippen LogP contribution is 2.42. The molecule has 3 aromatic carbocycles. The number of thioether (sulfide) groups is 1. The second kappa shape index (κ2) is 11.0. The van der Waals surface area contributed by atoms with Crippen LogP contribution in [0.4, 0.5) is 5.95 Å². The minimum atomic E-state index is -0.714. The number of β-lactam (4-membered cyclic amide) rings is 1. The molecule has 10 nitrogen and oxygen atoms in total. The van der Waals surface area contributed by atoms with Crippen LogP contribution >= 0.6 is 11.8 Å². The van der Waals surface area contributed by atoms with Gasteiger partial charge in [0, 0.05) is 18.2 Å². The van der Waals surface area contributed by atoms with Gasteiger partial charge in [0.25, 0.3) is 5.91 Å². The summed E-state index contributed by atoms with van der Waals surface area (Å²) in [5.41, 5.74) is 3.13. The molecule has 4 aromatic rings. The van der Waals surface area contributed by atoms with Gasteiger partial charge in [0.1, 0.15) is 35.0 Å². The Hall–Kier alpha value is -4.77. The highest BCUT2D eigenvalue weighted by atomic mass is 32.2. The fraction of sp³-hybridized carbons (Fsp3) is 0.200. The van der Waals surface area contributed by atoms with Crippen LogP contribution in [-0.2, 0) is 23.9 Å². The van der Waals surface area contributed by atoms with E-state index in [1.165, 1.54) is 29.7 Å². The van der Waals surface area contributed by atoms with Crippen LogP contribution in [0, 0.1) is 0 Å². The van der Waals surface area contributed by atoms with Gasteiger partial charge < -0.3 is 24.9 Å². The summed E-state index contributed by atoms with van der Waals surface area (Å²) in [5.74, 6) is -0.828. The molecule has 2 atom stereocenters. The first-order valence-corrected chi connectivity index (χ1v) is 14.0. The molecule has 2 aliphatic rings. The lowest BCUT2D eigenvalue weighted by Crippen LogP contribution is -2.68. The fourth-order valence-corrected chi connectivity index (χ4v) is 6.28. The number of phenols is 1. The van der Waals surface area contributed by atoms with Crippen molar-refractivity contribution in [2.75, 3.05) is 17.7 Å². The zero-order chi connectivity index (χ0) is 28.5. The first-order valence-electron chi connectivity index (χ1n) is 13.0. The van der Waals surface area contributed by atoms with Gasteiger partial charge in [-0.25, -0.2) is 9.78 Å². The van der Waals surface area contributed by atoms with Crippen molar-refractivity contribution >= 4 is 46.6 Å². The van der Waals surface area contributed by atoms with Crippen LogP contribution in [0.1, 0.15) is 24.2 Å². The number of ether oxygens (including phenoxy) is 2. The lowest BCUT2D eigenvalue weighted by molar-refractivity contribution is -0.152. The number of carbonyl (C=O) groups excluding carboxylic acids is 3. The summed E-state index contributed by atoms with van der Waals surface area (Å²) in [6, 6.07) is 23.0. The monoisotopic (exact) mass is 570 g/mol. The summed E-state index contributed by atoms with van der Waals surface area (Å²) in [6.07, 6.45) is -0.714. The molecule has 0 saturated carbocycles. The minimum Gasteiger partial charge on any atom is -0.506 e. The quantitative estimate of drug-likeness (QED) is 0.211. The summed E-state index contributed by atoms with van der Waals surface area (Å²) in [5, 5.41) is 12.8. The number of imidazole rings is 1. The number of aromatic hydroxyl groups is 1. The molecule has 0 spiro atoms. The van der Waals surface area contributed by atoms with Crippen LogP contribution < -0.4 is 5.32 Å². The molecule has 0 bridgehead atoms. The van der Waals surface area contributed by atoms with Gasteiger partial charge in [0.2, 0.25) is 5.95 Å². The number of phenolic OH excluding ortho intramolecular Hbond substituents is 1. The van der Waals surface area contributed by atoms with Gasteiger partial charge >= 0.3 is 11.9 Å². The first kappa shape index (κ1) is 26.5. The summed E-state index contributed by atoms with van der Waals surface area (Å²) >= 11 is 1.44. The molecular formula is C30H26N4O6S. The van der Waals surface area contributed by atoms with Crippen molar-refractivity contribution < 1.29 is 29.0 Å². The van der Waals surface area contributed by atoms with Crippen molar-refractivity contribution in [2.45, 2.75) is 24.4 Å². The summed E-state index contributed by atoms with van der Waals surface area (Å²) in [4.78, 5) is 47.8. The maximum absolute atomic E-state index is 13.9. The van der Waals surface area contributed by atoms with E-state index in [2.05, 4.69) is 15.3 Å². The van der Waals surface area contributed by atoms with Gasteiger partial charge in [-0.15, -0.1) is 11.8 Å². The third-order valence-electron chi connectivity index (χ3n) is 6.90. The van der Waals surface area contributed by atoms with E-state index in [1.54, 1.807) is 12.1 Å². The number of H-pyrrole nitrogens is 1. The van der Waals surface area contributed by atoms with E-state index in [0.29, 0.717) is 28.3 Å². The number of esters is 2. The molecule has 1 unspecified atom stereocenters. The Balaban J connectivity index is 1.29. The Labute approximate surface area is 239 Å². The van der Waals surface area contributed by atoms with Crippen molar-refractivity contribution in [1.82, 2.24) is 14.9 Å². The number of rotatable bonds is 8. The second-order valence-electron chi connectivity index (χ2n) is 9.63. The number of fused-ring (bicyclic) bond motifs is 2. The van der Waals surface area contributed by atoms with Crippen LogP contribution in [0.5, 0.6) is 5.75 Å². The summed E-state index contributed by atoms with van der Waals surface area (Å²) in [7, 11) is 0. The minimum absolute atomic E-state index is 0.0230. The Morgan fingerprint density at radius 1 is 1.07 bits per heavy atom. The van der Waals surface area contributed by atoms with Crippen LogP contribution in [-0.4, -0.2) is 61.6 Å². The lowest BCUT2D eigenvalue weighted by Gasteiger charge is -2.49. The molecule has 3 heterocycles. The lowest BCUT2D eigenvalue weighted by atomic mass is 10.0. The molecule has 208 valence electrons. The molecule has 1 saturated heterocycles. The molecule has 41 heavy (non-hydrogen) atoms. The van der Waals surface area contributed by atoms with Crippen LogP contribution in [0.15, 0.2) is 90.1 Å². The van der Waals surface area contributed by atoms with E-state index >= 15 is 0 Å². The molecule has 6 rings (SSSR count). The Morgan fingerprint density at radius 3 is 2.39 bits per heavy atom. The largest absolute Gasteiger partial charge is 0.506 e. The highest BCUT2D eigenvalue weighted by Gasteiger charge is 2.54. The molecule has 0 radical (unpaired) electrons. The number of aromatic amines is 1. The smallest absolute Gasteiger partial charge is 0.356 e. The van der Waals surface area contributed by atoms with Crippen molar-refractivity contribution in [3.05, 3.63) is 101 Å². The fourth-order valence-electron chi connectivity index (χ4n) is 4.95. The number of nitrogens with zero attached hydrogens (tertiary/aromatic N) is 2. The predicted molar refractivity (Wildman–Crippen MR) is 153 cm³/mol. The maximum Gasteiger partial charge on any atom is 0.356 e. The predicted octanol–water partition coefficient (Wildman–Crippen LogP) is 4.11. The SMILES string of the molecule is CC(=O)OCC1=C(C(=O)OC(c2ccccc2)c2ccccc2)N2C(=O)[C@@H](Nc3nc4c(O)cccc4[nH]3)C2SC1. The molecule has 0 aliphatic carbocycles. The van der Waals surface area contributed by atoms with Crippen LogP contribution in [0.2, 0.25) is 0 Å². The number of amides is 1. The van der Waals surface area contributed by atoms with E-state index < -0.39 is 29.5 Å². The number of hydrogen-bond acceptors (Lipinski definition) is 9. The molecule has 3 N–H and O–H groups in total. The zero-order valence-corrected chi connectivity index (χ0v) is 22.8. The Morgan fingerprint density at radius 2 is 1.76 bits per heavy atom. The number of nitrogens with one attached hydrogen (secondary N) is 2. The number of benzene rings is 3. The van der Waals surface area contributed by atoms with Crippen molar-refractivity contribution in [1.29, 1.82) is 0 Å². The molecule has 1 amide bonds. The average molecular weight is 571 g/mol. The number of para-hydroxylation sites is 1. The average Bonchev–Trinajstić information content (AvgIpc) is 3.42. The third kappa shape index (κ3) is 5.11. The second-order valence-corrected chi connectivity index (χ2v) is 10.7. The van der Waals surface area contributed by atoms with E-state index in [-0.39, 0.29) is 24.0 Å². The number of hydrogen-bond donors (Lipinski definition) is 3. The molecule has 1 aromatic heterocycles. The van der Waals surface area contributed by atoms with Crippen molar-refractivity contribution in [2.24, 2.45) is 0 Å². The van der Waals surface area contributed by atoms with Gasteiger partial charge in [0.15, 0.2) is 6.10 Å². The molecule has 11 heteroatoms. The van der Waals surface area contributed by atoms with Gasteiger partial charge in [-0.05, 0) is 23.3 Å². The Kier molecular flexibility index (Phi) is 7.10. The van der Waals surface area contributed by atoms with Crippen molar-refractivity contribution in [3.63, 3.8) is 0 Å². The molecule has 1 fully saturated rings. The van der Waals surface area contributed by atoms with E-state index in [9.17, 15) is 19.5 Å². The standard InChI is InChI=1S/C30H26N4O6S/c1-17(35)39-15-20-16-41-28-24(33-30-31-21-13-8-14-22(36)23(21)32-30)27(37)34(28)25(20)29(38)40-26(18-9-4-2-5-10-18)19-11-6-3-7-12-19/h2-14,24,26,28,36H,15-16H2,1H3,(H2,31,32,33)/t24-,28?/m1/s1. The van der Waals surface area contributed by atoms with Gasteiger partial charge in [-0.2, -0.15) is 0 Å². The van der Waals surface area contributed by atoms with E-state index in [0.717, 1.165) is 11.1 Å².